The van der Waals surface area contributed by atoms with Gasteiger partial charge >= 0.3 is 0 Å². The van der Waals surface area contributed by atoms with E-state index >= 15 is 0 Å². The molecule has 1 atom stereocenters. The number of rotatable bonds is 7. The first-order chi connectivity index (χ1) is 9.83. The molecule has 1 aliphatic carbocycles. The van der Waals surface area contributed by atoms with Gasteiger partial charge < -0.3 is 5.32 Å². The van der Waals surface area contributed by atoms with Crippen LogP contribution < -0.4 is 5.32 Å². The Kier molecular flexibility index (Phi) is 5.03. The monoisotopic (exact) mass is 290 g/mol. The quantitative estimate of drug-likeness (QED) is 0.831. The van der Waals surface area contributed by atoms with Gasteiger partial charge in [0.2, 0.25) is 0 Å². The van der Waals surface area contributed by atoms with Crippen molar-refractivity contribution in [3.05, 3.63) is 35.4 Å². The summed E-state index contributed by atoms with van der Waals surface area (Å²) in [6.45, 7) is 2.23. The molecule has 2 nitrogen and oxygen atoms in total. The molecule has 20 heavy (non-hydrogen) atoms. The second-order valence-corrected chi connectivity index (χ2v) is 7.33. The Morgan fingerprint density at radius 2 is 2.00 bits per heavy atom. The lowest BCUT2D eigenvalue weighted by atomic mass is 10.0. The highest BCUT2D eigenvalue weighted by Gasteiger charge is 2.21. The lowest BCUT2D eigenvalue weighted by Gasteiger charge is -2.24. The highest BCUT2D eigenvalue weighted by atomic mass is 32.2. The molecule has 1 aliphatic heterocycles. The Balaban J connectivity index is 1.56. The zero-order chi connectivity index (χ0) is 13.8. The molecule has 3 rings (SSSR count). The smallest absolute Gasteiger partial charge is 0.0236 e. The summed E-state index contributed by atoms with van der Waals surface area (Å²) in [4.78, 5) is 2.55. The van der Waals surface area contributed by atoms with Crippen molar-refractivity contribution in [2.45, 2.75) is 44.3 Å². The maximum absolute atomic E-state index is 3.62. The Hall–Kier alpha value is -0.510. The van der Waals surface area contributed by atoms with Crippen LogP contribution in [0.3, 0.4) is 0 Å². The predicted molar refractivity (Wildman–Crippen MR) is 88.4 cm³/mol. The highest BCUT2D eigenvalue weighted by Crippen LogP contribution is 2.23. The van der Waals surface area contributed by atoms with Crippen LogP contribution in [0, 0.1) is 0 Å². The second-order valence-electron chi connectivity index (χ2n) is 6.18. The van der Waals surface area contributed by atoms with Gasteiger partial charge in [0.05, 0.1) is 0 Å². The molecular weight excluding hydrogens is 264 g/mol. The van der Waals surface area contributed by atoms with E-state index in [1.807, 2.05) is 0 Å². The first kappa shape index (κ1) is 14.4. The van der Waals surface area contributed by atoms with E-state index in [-0.39, 0.29) is 0 Å². The van der Waals surface area contributed by atoms with Crippen LogP contribution in [0.15, 0.2) is 24.3 Å². The number of nitrogens with zero attached hydrogens (tertiary/aromatic N) is 1. The third-order valence-corrected chi connectivity index (χ3v) is 5.62. The van der Waals surface area contributed by atoms with Gasteiger partial charge in [-0.05, 0) is 56.2 Å². The number of nitrogens with one attached hydrogen (secondary N) is 1. The summed E-state index contributed by atoms with van der Waals surface area (Å²) >= 11 is 2.10. The van der Waals surface area contributed by atoms with E-state index in [4.69, 9.17) is 0 Å². The molecule has 1 unspecified atom stereocenters. The maximum atomic E-state index is 3.62. The summed E-state index contributed by atoms with van der Waals surface area (Å²) in [6.07, 6.45) is 5.28. The van der Waals surface area contributed by atoms with Crippen molar-refractivity contribution in [2.75, 3.05) is 25.1 Å². The van der Waals surface area contributed by atoms with Crippen LogP contribution in [0.25, 0.3) is 0 Å². The molecule has 1 aromatic rings. The SMILES string of the molecule is CN(Cc1ccccc1CCNC1CC1)C1CCSC1. The first-order valence-corrected chi connectivity index (χ1v) is 9.06. The van der Waals surface area contributed by atoms with E-state index in [1.165, 1.54) is 48.3 Å². The minimum atomic E-state index is 0.776. The Morgan fingerprint density at radius 1 is 1.20 bits per heavy atom. The third kappa shape index (κ3) is 4.00. The van der Waals surface area contributed by atoms with E-state index in [0.717, 1.165) is 25.2 Å². The molecule has 0 radical (unpaired) electrons. The van der Waals surface area contributed by atoms with E-state index in [9.17, 15) is 0 Å². The van der Waals surface area contributed by atoms with Gasteiger partial charge in [-0.1, -0.05) is 24.3 Å². The molecule has 1 saturated carbocycles. The Morgan fingerprint density at radius 3 is 2.70 bits per heavy atom. The average molecular weight is 290 g/mol. The van der Waals surface area contributed by atoms with E-state index in [0.29, 0.717) is 0 Å². The summed E-state index contributed by atoms with van der Waals surface area (Å²) in [7, 11) is 2.29. The van der Waals surface area contributed by atoms with Crippen LogP contribution in [0.2, 0.25) is 0 Å². The second kappa shape index (κ2) is 6.97. The fraction of sp³-hybridized carbons (Fsp3) is 0.647. The molecule has 1 N–H and O–H groups in total. The van der Waals surface area contributed by atoms with Crippen LogP contribution in [-0.2, 0) is 13.0 Å². The van der Waals surface area contributed by atoms with Gasteiger partial charge in [-0.25, -0.2) is 0 Å². The largest absolute Gasteiger partial charge is 0.314 e. The highest BCUT2D eigenvalue weighted by molar-refractivity contribution is 7.99. The standard InChI is InChI=1S/C17H26N2S/c1-19(17-9-11-20-13-17)12-15-5-3-2-4-14(15)8-10-18-16-6-7-16/h2-5,16-18H,6-13H2,1H3. The van der Waals surface area contributed by atoms with Gasteiger partial charge in [-0.3, -0.25) is 4.90 Å². The van der Waals surface area contributed by atoms with Gasteiger partial charge in [-0.2, -0.15) is 11.8 Å². The lowest BCUT2D eigenvalue weighted by Crippen LogP contribution is -2.31. The third-order valence-electron chi connectivity index (χ3n) is 4.47. The van der Waals surface area contributed by atoms with Crippen molar-refractivity contribution in [3.63, 3.8) is 0 Å². The van der Waals surface area contributed by atoms with Crippen LogP contribution in [0.5, 0.6) is 0 Å². The molecule has 1 heterocycles. The van der Waals surface area contributed by atoms with Crippen molar-refractivity contribution in [2.24, 2.45) is 0 Å². The van der Waals surface area contributed by atoms with Crippen molar-refractivity contribution >= 4 is 11.8 Å². The van der Waals surface area contributed by atoms with Gasteiger partial charge in [0.15, 0.2) is 0 Å². The summed E-state index contributed by atoms with van der Waals surface area (Å²) in [5.41, 5.74) is 3.04. The summed E-state index contributed by atoms with van der Waals surface area (Å²) < 4.78 is 0. The van der Waals surface area contributed by atoms with Crippen molar-refractivity contribution in [1.29, 1.82) is 0 Å². The van der Waals surface area contributed by atoms with Crippen LogP contribution in [0.1, 0.15) is 30.4 Å². The van der Waals surface area contributed by atoms with Crippen molar-refractivity contribution in [3.8, 4) is 0 Å². The van der Waals surface area contributed by atoms with Gasteiger partial charge in [0, 0.05) is 24.4 Å². The number of thioether (sulfide) groups is 1. The maximum Gasteiger partial charge on any atom is 0.0236 e. The fourth-order valence-electron chi connectivity index (χ4n) is 2.92. The zero-order valence-electron chi connectivity index (χ0n) is 12.5. The van der Waals surface area contributed by atoms with Crippen LogP contribution >= 0.6 is 11.8 Å². The summed E-state index contributed by atoms with van der Waals surface area (Å²) in [6, 6.07) is 10.6. The average Bonchev–Trinajstić information content (AvgIpc) is 3.11. The topological polar surface area (TPSA) is 15.3 Å². The molecule has 110 valence electrons. The van der Waals surface area contributed by atoms with Crippen LogP contribution in [0.4, 0.5) is 0 Å². The molecule has 2 fully saturated rings. The molecular formula is C17H26N2S. The molecule has 0 amide bonds. The molecule has 3 heteroatoms. The van der Waals surface area contributed by atoms with E-state index < -0.39 is 0 Å². The fourth-order valence-corrected chi connectivity index (χ4v) is 4.22. The Labute approximate surface area is 127 Å². The van der Waals surface area contributed by atoms with Gasteiger partial charge in [-0.15, -0.1) is 0 Å². The van der Waals surface area contributed by atoms with Crippen molar-refractivity contribution in [1.82, 2.24) is 10.2 Å². The minimum Gasteiger partial charge on any atom is -0.314 e. The van der Waals surface area contributed by atoms with E-state index in [2.05, 4.69) is 53.3 Å². The number of hydrogen-bond donors (Lipinski definition) is 1. The summed E-state index contributed by atoms with van der Waals surface area (Å²) in [5, 5.41) is 3.62. The number of benzene rings is 1. The van der Waals surface area contributed by atoms with Crippen LogP contribution in [-0.4, -0.2) is 42.1 Å². The summed E-state index contributed by atoms with van der Waals surface area (Å²) in [5.74, 6) is 2.64. The van der Waals surface area contributed by atoms with E-state index in [1.54, 1.807) is 0 Å². The molecule has 0 aromatic heterocycles. The molecule has 1 saturated heterocycles. The number of hydrogen-bond acceptors (Lipinski definition) is 3. The molecule has 0 spiro atoms. The normalized spacial score (nSPS) is 22.6. The van der Waals surface area contributed by atoms with Crippen molar-refractivity contribution < 1.29 is 0 Å². The lowest BCUT2D eigenvalue weighted by molar-refractivity contribution is 0.253. The minimum absolute atomic E-state index is 0.776. The predicted octanol–water partition coefficient (Wildman–Crippen LogP) is 2.92. The zero-order valence-corrected chi connectivity index (χ0v) is 13.3. The Bertz CT molecular complexity index is 425. The van der Waals surface area contributed by atoms with Gasteiger partial charge in [0.25, 0.3) is 0 Å². The molecule has 2 aliphatic rings. The van der Waals surface area contributed by atoms with Gasteiger partial charge in [0.1, 0.15) is 0 Å². The molecule has 0 bridgehead atoms. The molecule has 1 aromatic carbocycles. The first-order valence-electron chi connectivity index (χ1n) is 7.91.